The van der Waals surface area contributed by atoms with E-state index < -0.39 is 104 Å². The minimum atomic E-state index is -8.69. The number of nitrogens with one attached hydrogen (secondary N) is 1. The topological polar surface area (TPSA) is 97.3 Å². The molecule has 0 heterocycles. The Morgan fingerprint density at radius 3 is 1.65 bits per heavy atom. The number of amides is 1. The van der Waals surface area contributed by atoms with E-state index >= 15 is 0 Å². The van der Waals surface area contributed by atoms with E-state index in [1.54, 1.807) is 19.1 Å². The van der Waals surface area contributed by atoms with Crippen molar-refractivity contribution >= 4 is 14.2 Å². The molecular formula is C35H44F17NO6Si. The molecule has 7 nitrogen and oxygen atoms in total. The fourth-order valence-corrected chi connectivity index (χ4v) is 10.4. The minimum absolute atomic E-state index is 0.145. The van der Waals surface area contributed by atoms with Gasteiger partial charge in [-0.05, 0) is 60.2 Å². The van der Waals surface area contributed by atoms with Crippen LogP contribution in [-0.4, -0.2) is 98.6 Å². The maximum Gasteiger partial charge on any atom is 0.460 e. The van der Waals surface area contributed by atoms with E-state index in [2.05, 4.69) is 0 Å². The number of carbonyl (C=O) groups excluding carboxylic acids is 1. The van der Waals surface area contributed by atoms with Crippen LogP contribution in [0, 0.1) is 0 Å². The van der Waals surface area contributed by atoms with Crippen LogP contribution < -0.4 is 10.2 Å². The van der Waals surface area contributed by atoms with Crippen molar-refractivity contribution in [2.24, 2.45) is 0 Å². The van der Waals surface area contributed by atoms with Gasteiger partial charge in [0.2, 0.25) is 0 Å². The number of hydrogen-bond acceptors (Lipinski definition) is 6. The van der Waals surface area contributed by atoms with Crippen molar-refractivity contribution in [3.8, 4) is 5.75 Å². The number of halogens is 17. The standard InChI is InChI=1S/C35H44F17NO6Si/c1-20(2)60(21(3)4,18-15-28(36,37)29(38,39)30(40,41)31(42,43)32(44,45)33(46,47)34(48,49)35(50,51)52)59-17-16-58-24-13-11-23(12-14-24)27(55)25(57-6)10-8-7-9-22(5)19-26(54)53-56/h7,9,11-14,19-21,25,27,55-56H,8,10,15-18H2,1-6H3,(H,53,54)/b9-7+,22-19+/t25-,27-/m1/s1. The maximum absolute atomic E-state index is 14.9. The van der Waals surface area contributed by atoms with Crippen LogP contribution in [0.3, 0.4) is 0 Å². The Morgan fingerprint density at radius 1 is 0.750 bits per heavy atom. The summed E-state index contributed by atoms with van der Waals surface area (Å²) in [6.45, 7) is 5.99. The first-order valence-corrected chi connectivity index (χ1v) is 19.9. The van der Waals surface area contributed by atoms with E-state index in [0.717, 1.165) is 6.08 Å². The maximum atomic E-state index is 14.9. The highest BCUT2D eigenvalue weighted by molar-refractivity contribution is 6.76. The minimum Gasteiger partial charge on any atom is -0.491 e. The molecular weight excluding hydrogens is 881 g/mol. The van der Waals surface area contributed by atoms with Gasteiger partial charge in [-0.1, -0.05) is 52.0 Å². The number of aliphatic hydroxyl groups is 1. The van der Waals surface area contributed by atoms with Crippen LogP contribution in [0.4, 0.5) is 74.6 Å². The van der Waals surface area contributed by atoms with Gasteiger partial charge in [-0.2, -0.15) is 74.6 Å². The number of rotatable bonds is 24. The first-order chi connectivity index (χ1) is 27.0. The average molecular weight is 926 g/mol. The number of methoxy groups -OCH3 is 1. The summed E-state index contributed by atoms with van der Waals surface area (Å²) in [6, 6.07) is 4.37. The second-order valence-corrected chi connectivity index (χ2v) is 19.2. The van der Waals surface area contributed by atoms with Crippen LogP contribution in [-0.2, 0) is 14.0 Å². The lowest BCUT2D eigenvalue weighted by atomic mass is 9.88. The lowest BCUT2D eigenvalue weighted by Gasteiger charge is -2.44. The molecule has 348 valence electrons. The summed E-state index contributed by atoms with van der Waals surface area (Å²) in [5, 5.41) is 19.4. The van der Waals surface area contributed by atoms with Crippen LogP contribution in [0.2, 0.25) is 17.1 Å². The number of carbonyl (C=O) groups is 1. The number of ether oxygens (including phenoxy) is 2. The first kappa shape index (κ1) is 54.9. The molecule has 0 aliphatic carbocycles. The molecule has 1 amide bonds. The van der Waals surface area contributed by atoms with E-state index in [1.807, 2.05) is 0 Å². The molecule has 0 saturated heterocycles. The number of allylic oxidation sites excluding steroid dienone is 3. The molecule has 60 heavy (non-hydrogen) atoms. The monoisotopic (exact) mass is 925 g/mol. The van der Waals surface area contributed by atoms with Gasteiger partial charge in [-0.15, -0.1) is 0 Å². The molecule has 0 aliphatic rings. The Bertz CT molecular complexity index is 1590. The van der Waals surface area contributed by atoms with E-state index in [-0.39, 0.29) is 12.4 Å². The van der Waals surface area contributed by atoms with Crippen LogP contribution in [0.1, 0.15) is 65.5 Å². The molecule has 0 unspecified atom stereocenters. The van der Waals surface area contributed by atoms with Crippen LogP contribution in [0.5, 0.6) is 5.75 Å². The molecule has 1 rings (SSSR count). The third kappa shape index (κ3) is 11.1. The van der Waals surface area contributed by atoms with Crippen molar-refractivity contribution in [3.05, 3.63) is 53.6 Å². The molecule has 0 aliphatic heterocycles. The Hall–Kier alpha value is -3.16. The second-order valence-electron chi connectivity index (χ2n) is 14.2. The zero-order valence-electron chi connectivity index (χ0n) is 32.5. The number of benzene rings is 1. The number of hydroxylamine groups is 1. The molecule has 0 fully saturated rings. The fraction of sp³-hybridized carbons (Fsp3) is 0.686. The van der Waals surface area contributed by atoms with Crippen molar-refractivity contribution in [2.75, 3.05) is 20.3 Å². The second kappa shape index (κ2) is 19.9. The zero-order valence-corrected chi connectivity index (χ0v) is 33.5. The van der Waals surface area contributed by atoms with Crippen molar-refractivity contribution in [1.29, 1.82) is 0 Å². The van der Waals surface area contributed by atoms with E-state index in [4.69, 9.17) is 19.1 Å². The molecule has 25 heteroatoms. The Balaban J connectivity index is 3.15. The SMILES string of the molecule is CO[C@H](CC/C=C/C(C)=C/C(=O)NO)[C@H](O)c1ccc(OCCO[Si](CCC(F)(F)C(F)(F)C(F)(F)C(F)(F)C(F)(F)C(F)(F)C(F)(F)C(F)(F)F)(C(C)C)C(C)C)cc1. The molecule has 0 saturated carbocycles. The third-order valence-electron chi connectivity index (χ3n) is 9.64. The average Bonchev–Trinajstić information content (AvgIpc) is 3.13. The van der Waals surface area contributed by atoms with Gasteiger partial charge in [-0.3, -0.25) is 10.0 Å². The molecule has 0 aromatic heterocycles. The zero-order chi connectivity index (χ0) is 47.1. The smallest absolute Gasteiger partial charge is 0.460 e. The highest BCUT2D eigenvalue weighted by atomic mass is 28.4. The van der Waals surface area contributed by atoms with Gasteiger partial charge >= 0.3 is 47.6 Å². The molecule has 0 spiro atoms. The summed E-state index contributed by atoms with van der Waals surface area (Å²) in [7, 11) is -2.61. The number of aliphatic hydroxyl groups excluding tert-OH is 1. The summed E-state index contributed by atoms with van der Waals surface area (Å²) < 4.78 is 251. The summed E-state index contributed by atoms with van der Waals surface area (Å²) in [6.07, 6.45) is -7.07. The van der Waals surface area contributed by atoms with Crippen molar-refractivity contribution in [1.82, 2.24) is 5.48 Å². The van der Waals surface area contributed by atoms with Crippen molar-refractivity contribution in [3.63, 3.8) is 0 Å². The van der Waals surface area contributed by atoms with E-state index in [9.17, 15) is 84.5 Å². The van der Waals surface area contributed by atoms with E-state index in [1.165, 1.54) is 64.6 Å². The normalized spacial score (nSPS) is 15.9. The number of alkyl halides is 17. The summed E-state index contributed by atoms with van der Waals surface area (Å²) in [5.74, 6) is -57.3. The van der Waals surface area contributed by atoms with Crippen LogP contribution in [0.25, 0.3) is 0 Å². The summed E-state index contributed by atoms with van der Waals surface area (Å²) in [4.78, 5) is 11.2. The lowest BCUT2D eigenvalue weighted by Crippen LogP contribution is -2.74. The molecule has 1 aromatic carbocycles. The Labute approximate surface area is 334 Å². The molecule has 0 radical (unpaired) electrons. The van der Waals surface area contributed by atoms with Crippen LogP contribution in [0.15, 0.2) is 48.1 Å². The highest BCUT2D eigenvalue weighted by Gasteiger charge is 2.95. The quantitative estimate of drug-likeness (QED) is 0.0182. The van der Waals surface area contributed by atoms with Gasteiger partial charge in [0.1, 0.15) is 18.5 Å². The van der Waals surface area contributed by atoms with Crippen LogP contribution >= 0.6 is 0 Å². The van der Waals surface area contributed by atoms with Crippen molar-refractivity contribution < 1.29 is 104 Å². The lowest BCUT2D eigenvalue weighted by molar-refractivity contribution is -0.461. The molecule has 1 aromatic rings. The number of hydrogen-bond donors (Lipinski definition) is 3. The summed E-state index contributed by atoms with van der Waals surface area (Å²) in [5.41, 5.74) is 0.607. The Kier molecular flexibility index (Phi) is 18.2. The van der Waals surface area contributed by atoms with Gasteiger partial charge in [0.05, 0.1) is 12.7 Å². The highest BCUT2D eigenvalue weighted by Crippen LogP contribution is 2.64. The molecule has 3 N–H and O–H groups in total. The first-order valence-electron chi connectivity index (χ1n) is 17.6. The third-order valence-corrected chi connectivity index (χ3v) is 15.3. The van der Waals surface area contributed by atoms with Gasteiger partial charge in [0.15, 0.2) is 8.32 Å². The van der Waals surface area contributed by atoms with E-state index in [0.29, 0.717) is 24.0 Å². The predicted molar refractivity (Wildman–Crippen MR) is 182 cm³/mol. The Morgan fingerprint density at radius 2 is 1.22 bits per heavy atom. The predicted octanol–water partition coefficient (Wildman–Crippen LogP) is 11.1. The largest absolute Gasteiger partial charge is 0.491 e. The van der Waals surface area contributed by atoms with Gasteiger partial charge in [-0.25, -0.2) is 5.48 Å². The molecule has 0 bridgehead atoms. The fourth-order valence-electron chi connectivity index (χ4n) is 5.94. The molecule has 2 atom stereocenters. The van der Waals surface area contributed by atoms with Crippen molar-refractivity contribution in [2.45, 2.75) is 131 Å². The van der Waals surface area contributed by atoms with Gasteiger partial charge < -0.3 is 19.0 Å². The van der Waals surface area contributed by atoms with Gasteiger partial charge in [0.25, 0.3) is 5.91 Å². The van der Waals surface area contributed by atoms with Gasteiger partial charge in [0, 0.05) is 19.6 Å². The summed E-state index contributed by atoms with van der Waals surface area (Å²) >= 11 is 0.